The number of rotatable bonds is 5. The van der Waals surface area contributed by atoms with Crippen LogP contribution in [0.15, 0.2) is 24.3 Å². The van der Waals surface area contributed by atoms with Gasteiger partial charge < -0.3 is 5.32 Å². The first-order valence-electron chi connectivity index (χ1n) is 7.04. The fourth-order valence-corrected chi connectivity index (χ4v) is 3.67. The van der Waals surface area contributed by atoms with Crippen molar-refractivity contribution in [3.05, 3.63) is 40.4 Å². The lowest BCUT2D eigenvalue weighted by atomic mass is 10.1. The number of thiazole rings is 1. The Hall–Kier alpha value is -1.93. The molecule has 0 aliphatic heterocycles. The number of hydrogen-bond acceptors (Lipinski definition) is 5. The van der Waals surface area contributed by atoms with Gasteiger partial charge in [-0.25, -0.2) is 17.7 Å². The number of para-hydroxylation sites is 1. The summed E-state index contributed by atoms with van der Waals surface area (Å²) in [4.78, 5) is 17.1. The number of carbonyl (C=O) groups is 1. The molecule has 1 N–H and O–H groups in total. The van der Waals surface area contributed by atoms with E-state index in [-0.39, 0.29) is 11.0 Å². The van der Waals surface area contributed by atoms with Crippen molar-refractivity contribution >= 4 is 38.1 Å². The fourth-order valence-electron chi connectivity index (χ4n) is 2.00. The number of aryl methyl sites for hydroxylation is 2. The summed E-state index contributed by atoms with van der Waals surface area (Å²) in [5, 5.41) is 3.15. The quantitative estimate of drug-likeness (QED) is 0.896. The van der Waals surface area contributed by atoms with Gasteiger partial charge in [0.1, 0.15) is 4.88 Å². The van der Waals surface area contributed by atoms with Crippen molar-refractivity contribution in [1.82, 2.24) is 4.98 Å². The zero-order valence-electron chi connectivity index (χ0n) is 13.5. The molecule has 0 aliphatic carbocycles. The summed E-state index contributed by atoms with van der Waals surface area (Å²) < 4.78 is 24.2. The molecule has 1 heterocycles. The number of nitrogens with zero attached hydrogens (tertiary/aromatic N) is 2. The van der Waals surface area contributed by atoms with Crippen LogP contribution in [0.4, 0.5) is 10.8 Å². The third-order valence-electron chi connectivity index (χ3n) is 3.40. The Morgan fingerprint density at radius 3 is 2.61 bits per heavy atom. The maximum absolute atomic E-state index is 12.5. The van der Waals surface area contributed by atoms with Crippen molar-refractivity contribution in [2.24, 2.45) is 0 Å². The molecule has 0 bridgehead atoms. The zero-order valence-corrected chi connectivity index (χ0v) is 15.1. The number of hydrogen-bond donors (Lipinski definition) is 1. The molecular formula is C15H19N3O3S2. The van der Waals surface area contributed by atoms with Crippen LogP contribution in [0.1, 0.15) is 27.9 Å². The van der Waals surface area contributed by atoms with E-state index in [2.05, 4.69) is 10.3 Å². The van der Waals surface area contributed by atoms with E-state index in [9.17, 15) is 13.2 Å². The standard InChI is InChI=1S/C15H19N3O3S2/c1-5-11-8-6-7-9-12(11)17-14(19)13-10(2)16-15(22-13)18(3)23(4,20)21/h6-9H,5H2,1-4H3,(H,17,19). The second-order valence-electron chi connectivity index (χ2n) is 5.11. The second kappa shape index (κ2) is 6.67. The molecule has 1 amide bonds. The molecule has 2 aromatic rings. The predicted octanol–water partition coefficient (Wildman–Crippen LogP) is 2.66. The number of benzene rings is 1. The summed E-state index contributed by atoms with van der Waals surface area (Å²) in [6.45, 7) is 3.71. The largest absolute Gasteiger partial charge is 0.321 e. The molecule has 0 spiro atoms. The molecule has 0 saturated carbocycles. The smallest absolute Gasteiger partial charge is 0.267 e. The van der Waals surface area contributed by atoms with Gasteiger partial charge in [-0.05, 0) is 25.0 Å². The third-order valence-corrected chi connectivity index (χ3v) is 5.92. The van der Waals surface area contributed by atoms with Gasteiger partial charge in [-0.2, -0.15) is 0 Å². The van der Waals surface area contributed by atoms with E-state index >= 15 is 0 Å². The van der Waals surface area contributed by atoms with Crippen LogP contribution >= 0.6 is 11.3 Å². The lowest BCUT2D eigenvalue weighted by molar-refractivity contribution is 0.102. The number of amides is 1. The predicted molar refractivity (Wildman–Crippen MR) is 93.9 cm³/mol. The van der Waals surface area contributed by atoms with E-state index in [0.29, 0.717) is 10.6 Å². The Morgan fingerprint density at radius 1 is 1.35 bits per heavy atom. The molecule has 0 atom stereocenters. The number of nitrogens with one attached hydrogen (secondary N) is 1. The van der Waals surface area contributed by atoms with Gasteiger partial charge in [0.15, 0.2) is 5.13 Å². The van der Waals surface area contributed by atoms with Crippen LogP contribution in [0.25, 0.3) is 0 Å². The monoisotopic (exact) mass is 353 g/mol. The van der Waals surface area contributed by atoms with Crippen LogP contribution in [0.2, 0.25) is 0 Å². The minimum atomic E-state index is -3.41. The number of anilines is 2. The molecule has 0 saturated heterocycles. The minimum Gasteiger partial charge on any atom is -0.321 e. The molecule has 0 aliphatic rings. The Labute approximate surface area is 140 Å². The van der Waals surface area contributed by atoms with Gasteiger partial charge in [0.2, 0.25) is 10.0 Å². The second-order valence-corrected chi connectivity index (χ2v) is 8.10. The Kier molecular flexibility index (Phi) is 5.06. The average Bonchev–Trinajstić information content (AvgIpc) is 2.88. The summed E-state index contributed by atoms with van der Waals surface area (Å²) in [6.07, 6.45) is 1.90. The highest BCUT2D eigenvalue weighted by Gasteiger charge is 2.21. The summed E-state index contributed by atoms with van der Waals surface area (Å²) in [6, 6.07) is 7.58. The van der Waals surface area contributed by atoms with Gasteiger partial charge in [-0.1, -0.05) is 36.5 Å². The van der Waals surface area contributed by atoms with Crippen LogP contribution < -0.4 is 9.62 Å². The molecule has 1 aromatic heterocycles. The van der Waals surface area contributed by atoms with Gasteiger partial charge >= 0.3 is 0 Å². The van der Waals surface area contributed by atoms with Crippen LogP contribution in [-0.2, 0) is 16.4 Å². The number of aromatic nitrogens is 1. The molecule has 2 rings (SSSR count). The van der Waals surface area contributed by atoms with Gasteiger partial charge in [0, 0.05) is 12.7 Å². The SMILES string of the molecule is CCc1ccccc1NC(=O)c1sc(N(C)S(C)(=O)=O)nc1C. The summed E-state index contributed by atoms with van der Waals surface area (Å²) in [5.74, 6) is -0.283. The fraction of sp³-hybridized carbons (Fsp3) is 0.333. The Morgan fingerprint density at radius 2 is 2.00 bits per heavy atom. The first kappa shape index (κ1) is 17.4. The first-order valence-corrected chi connectivity index (χ1v) is 9.71. The van der Waals surface area contributed by atoms with Gasteiger partial charge in [-0.3, -0.25) is 4.79 Å². The van der Waals surface area contributed by atoms with E-state index in [1.165, 1.54) is 7.05 Å². The van der Waals surface area contributed by atoms with Gasteiger partial charge in [0.05, 0.1) is 11.9 Å². The van der Waals surface area contributed by atoms with Crippen LogP contribution in [0.5, 0.6) is 0 Å². The highest BCUT2D eigenvalue weighted by atomic mass is 32.2. The number of sulfonamides is 1. The molecule has 124 valence electrons. The van der Waals surface area contributed by atoms with E-state index in [4.69, 9.17) is 0 Å². The highest BCUT2D eigenvalue weighted by molar-refractivity contribution is 7.92. The van der Waals surface area contributed by atoms with Crippen LogP contribution in [0, 0.1) is 6.92 Å². The maximum Gasteiger partial charge on any atom is 0.267 e. The summed E-state index contributed by atoms with van der Waals surface area (Å²) in [5.41, 5.74) is 2.30. The van der Waals surface area contributed by atoms with Crippen LogP contribution in [0.3, 0.4) is 0 Å². The number of carbonyl (C=O) groups excluding carboxylic acids is 1. The molecule has 23 heavy (non-hydrogen) atoms. The highest BCUT2D eigenvalue weighted by Crippen LogP contribution is 2.28. The average molecular weight is 353 g/mol. The summed E-state index contributed by atoms with van der Waals surface area (Å²) >= 11 is 1.06. The van der Waals surface area contributed by atoms with Gasteiger partial charge in [-0.15, -0.1) is 0 Å². The topological polar surface area (TPSA) is 79.4 Å². The Bertz CT molecular complexity index is 828. The first-order chi connectivity index (χ1) is 10.7. The lowest BCUT2D eigenvalue weighted by Crippen LogP contribution is -2.24. The summed E-state index contributed by atoms with van der Waals surface area (Å²) in [7, 11) is -1.99. The molecule has 0 fully saturated rings. The van der Waals surface area contributed by atoms with Gasteiger partial charge in [0.25, 0.3) is 5.91 Å². The molecule has 0 radical (unpaired) electrons. The Balaban J connectivity index is 2.29. The molecule has 1 aromatic carbocycles. The van der Waals surface area contributed by atoms with Crippen LogP contribution in [-0.4, -0.2) is 32.6 Å². The van der Waals surface area contributed by atoms with Crippen molar-refractivity contribution in [1.29, 1.82) is 0 Å². The third kappa shape index (κ3) is 3.89. The molecule has 8 heteroatoms. The normalized spacial score (nSPS) is 11.3. The van der Waals surface area contributed by atoms with E-state index in [1.807, 2.05) is 31.2 Å². The van der Waals surface area contributed by atoms with Crippen molar-refractivity contribution < 1.29 is 13.2 Å². The van der Waals surface area contributed by atoms with E-state index in [0.717, 1.165) is 39.6 Å². The minimum absolute atomic E-state index is 0.277. The van der Waals surface area contributed by atoms with Crippen molar-refractivity contribution in [3.8, 4) is 0 Å². The molecule has 0 unspecified atom stereocenters. The van der Waals surface area contributed by atoms with Crippen molar-refractivity contribution in [3.63, 3.8) is 0 Å². The van der Waals surface area contributed by atoms with Crippen molar-refractivity contribution in [2.75, 3.05) is 22.9 Å². The van der Waals surface area contributed by atoms with Crippen molar-refractivity contribution in [2.45, 2.75) is 20.3 Å². The zero-order chi connectivity index (χ0) is 17.2. The lowest BCUT2D eigenvalue weighted by Gasteiger charge is -2.11. The maximum atomic E-state index is 12.5. The molecule has 6 nitrogen and oxygen atoms in total. The molecular weight excluding hydrogens is 334 g/mol. The van der Waals surface area contributed by atoms with E-state index < -0.39 is 10.0 Å². The van der Waals surface area contributed by atoms with E-state index in [1.54, 1.807) is 6.92 Å².